The summed E-state index contributed by atoms with van der Waals surface area (Å²) in [5, 5.41) is 4.24. The largest absolute Gasteiger partial charge is 0.365 e. The van der Waals surface area contributed by atoms with Crippen LogP contribution in [-0.4, -0.2) is 16.8 Å². The molecule has 0 unspecified atom stereocenters. The van der Waals surface area contributed by atoms with E-state index in [2.05, 4.69) is 10.3 Å². The fourth-order valence-electron chi connectivity index (χ4n) is 2.82. The molecule has 0 aliphatic heterocycles. The van der Waals surface area contributed by atoms with Crippen LogP contribution in [0.5, 0.6) is 0 Å². The Labute approximate surface area is 173 Å². The summed E-state index contributed by atoms with van der Waals surface area (Å²) >= 11 is 8.64. The highest BCUT2D eigenvalue weighted by atomic mass is 35.5. The fourth-order valence-corrected chi connectivity index (χ4v) is 4.92. The lowest BCUT2D eigenvalue weighted by molar-refractivity contribution is 0.0953. The van der Waals surface area contributed by atoms with Gasteiger partial charge in [0.05, 0.1) is 9.75 Å². The van der Waals surface area contributed by atoms with Gasteiger partial charge in [-0.1, -0.05) is 23.7 Å². The first-order valence-electron chi connectivity index (χ1n) is 8.32. The Kier molecular flexibility index (Phi) is 5.13. The van der Waals surface area contributed by atoms with E-state index in [9.17, 15) is 9.59 Å². The van der Waals surface area contributed by atoms with Crippen LogP contribution in [0.4, 0.5) is 0 Å². The first-order chi connectivity index (χ1) is 13.5. The predicted molar refractivity (Wildman–Crippen MR) is 114 cm³/mol. The molecule has 0 aliphatic rings. The van der Waals surface area contributed by atoms with Crippen LogP contribution < -0.4 is 11.1 Å². The Hall–Kier alpha value is -2.74. The smallest absolute Gasteiger partial charge is 0.261 e. The van der Waals surface area contributed by atoms with Crippen molar-refractivity contribution >= 4 is 56.2 Å². The minimum atomic E-state index is -0.436. The topological polar surface area (TPSA) is 85.1 Å². The number of aromatic nitrogens is 1. The number of benzene rings is 1. The monoisotopic (exact) mass is 427 g/mol. The highest BCUT2D eigenvalue weighted by Crippen LogP contribution is 2.37. The predicted octanol–water partition coefficient (Wildman–Crippen LogP) is 4.71. The lowest BCUT2D eigenvalue weighted by Gasteiger charge is -2.04. The molecule has 2 amide bonds. The number of halogens is 1. The molecule has 140 valence electrons. The average Bonchev–Trinajstić information content (AvgIpc) is 3.33. The third-order valence-corrected chi connectivity index (χ3v) is 6.58. The Morgan fingerprint density at radius 2 is 1.93 bits per heavy atom. The second-order valence-corrected chi connectivity index (χ2v) is 8.58. The molecule has 4 aromatic rings. The standard InChI is InChI=1S/C20H14ClN3O2S2/c21-18-8-11(6-7-23-18)10-24-20(26)16-5-4-15(27-16)12-2-1-3-14-13(12)9-17(28-14)19(22)25/h1-9H,10H2,(H2,22,25)(H,24,26). The van der Waals surface area contributed by atoms with E-state index in [1.165, 1.54) is 22.7 Å². The molecule has 0 saturated carbocycles. The Morgan fingerprint density at radius 1 is 1.07 bits per heavy atom. The van der Waals surface area contributed by atoms with Crippen LogP contribution in [0.2, 0.25) is 5.15 Å². The van der Waals surface area contributed by atoms with Crippen LogP contribution in [0.15, 0.2) is 54.7 Å². The highest BCUT2D eigenvalue weighted by molar-refractivity contribution is 7.21. The number of hydrogen-bond donors (Lipinski definition) is 2. The number of nitrogens with two attached hydrogens (primary N) is 1. The first-order valence-corrected chi connectivity index (χ1v) is 10.3. The molecule has 0 fully saturated rings. The summed E-state index contributed by atoms with van der Waals surface area (Å²) < 4.78 is 0.986. The molecule has 0 bridgehead atoms. The molecule has 3 aromatic heterocycles. The first kappa shape index (κ1) is 18.6. The molecular formula is C20H14ClN3O2S2. The SMILES string of the molecule is NC(=O)c1cc2c(-c3ccc(C(=O)NCc4ccnc(Cl)c4)s3)cccc2s1. The summed E-state index contributed by atoms with van der Waals surface area (Å²) in [6.07, 6.45) is 1.61. The van der Waals surface area contributed by atoms with E-state index in [4.69, 9.17) is 17.3 Å². The van der Waals surface area contributed by atoms with Gasteiger partial charge in [0.2, 0.25) is 0 Å². The molecule has 5 nitrogen and oxygen atoms in total. The maximum Gasteiger partial charge on any atom is 0.261 e. The van der Waals surface area contributed by atoms with E-state index in [-0.39, 0.29) is 5.91 Å². The van der Waals surface area contributed by atoms with Gasteiger partial charge in [-0.05, 0) is 42.0 Å². The van der Waals surface area contributed by atoms with Crippen LogP contribution in [-0.2, 0) is 6.54 Å². The number of thiophene rings is 2. The van der Waals surface area contributed by atoms with Crippen molar-refractivity contribution in [2.45, 2.75) is 6.54 Å². The Bertz CT molecular complexity index is 1200. The van der Waals surface area contributed by atoms with Gasteiger partial charge in [0, 0.05) is 33.3 Å². The quantitative estimate of drug-likeness (QED) is 0.452. The second-order valence-electron chi connectivity index (χ2n) is 6.03. The number of carbonyl (C=O) groups is 2. The summed E-state index contributed by atoms with van der Waals surface area (Å²) in [6, 6.07) is 14.9. The van der Waals surface area contributed by atoms with Gasteiger partial charge in [0.15, 0.2) is 0 Å². The Morgan fingerprint density at radius 3 is 2.71 bits per heavy atom. The van der Waals surface area contributed by atoms with Crippen molar-refractivity contribution in [3.05, 3.63) is 75.2 Å². The molecule has 4 rings (SSSR count). The van der Waals surface area contributed by atoms with Gasteiger partial charge in [-0.15, -0.1) is 22.7 Å². The summed E-state index contributed by atoms with van der Waals surface area (Å²) in [6.45, 7) is 0.371. The van der Waals surface area contributed by atoms with Gasteiger partial charge in [0.1, 0.15) is 5.15 Å². The molecular weight excluding hydrogens is 414 g/mol. The van der Waals surface area contributed by atoms with Gasteiger partial charge in [-0.3, -0.25) is 9.59 Å². The average molecular weight is 428 g/mol. The number of carbonyl (C=O) groups excluding carboxylic acids is 2. The Balaban J connectivity index is 1.56. The molecule has 28 heavy (non-hydrogen) atoms. The van der Waals surface area contributed by atoms with Crippen molar-refractivity contribution in [3.8, 4) is 10.4 Å². The number of rotatable bonds is 5. The van der Waals surface area contributed by atoms with Crippen molar-refractivity contribution in [1.29, 1.82) is 0 Å². The number of nitrogens with zero attached hydrogens (tertiary/aromatic N) is 1. The van der Waals surface area contributed by atoms with Crippen molar-refractivity contribution < 1.29 is 9.59 Å². The zero-order valence-corrected chi connectivity index (χ0v) is 16.8. The summed E-state index contributed by atoms with van der Waals surface area (Å²) in [4.78, 5) is 30.0. The molecule has 1 aromatic carbocycles. The van der Waals surface area contributed by atoms with Crippen LogP contribution in [0.1, 0.15) is 24.9 Å². The van der Waals surface area contributed by atoms with E-state index < -0.39 is 5.91 Å². The van der Waals surface area contributed by atoms with Gasteiger partial charge < -0.3 is 11.1 Å². The number of pyridine rings is 1. The summed E-state index contributed by atoms with van der Waals surface area (Å²) in [7, 11) is 0. The van der Waals surface area contributed by atoms with Gasteiger partial charge in [-0.25, -0.2) is 4.98 Å². The van der Waals surface area contributed by atoms with Gasteiger partial charge in [0.25, 0.3) is 11.8 Å². The highest BCUT2D eigenvalue weighted by Gasteiger charge is 2.14. The van der Waals surface area contributed by atoms with E-state index in [0.29, 0.717) is 21.5 Å². The van der Waals surface area contributed by atoms with E-state index in [1.54, 1.807) is 24.4 Å². The van der Waals surface area contributed by atoms with E-state index in [0.717, 1.165) is 26.1 Å². The molecule has 8 heteroatoms. The third kappa shape index (κ3) is 3.77. The van der Waals surface area contributed by atoms with Crippen molar-refractivity contribution in [2.24, 2.45) is 5.73 Å². The van der Waals surface area contributed by atoms with Gasteiger partial charge in [-0.2, -0.15) is 0 Å². The summed E-state index contributed by atoms with van der Waals surface area (Å²) in [5.74, 6) is -0.589. The summed E-state index contributed by atoms with van der Waals surface area (Å²) in [5.41, 5.74) is 7.27. The minimum Gasteiger partial charge on any atom is -0.365 e. The molecule has 3 N–H and O–H groups in total. The lowest BCUT2D eigenvalue weighted by Crippen LogP contribution is -2.21. The van der Waals surface area contributed by atoms with Crippen LogP contribution in [0.25, 0.3) is 20.5 Å². The lowest BCUT2D eigenvalue weighted by atomic mass is 10.1. The second kappa shape index (κ2) is 7.71. The molecule has 0 radical (unpaired) electrons. The van der Waals surface area contributed by atoms with Crippen LogP contribution in [0, 0.1) is 0 Å². The maximum absolute atomic E-state index is 12.5. The molecule has 0 saturated heterocycles. The van der Waals surface area contributed by atoms with Crippen molar-refractivity contribution in [3.63, 3.8) is 0 Å². The number of fused-ring (bicyclic) bond motifs is 1. The number of nitrogens with one attached hydrogen (secondary N) is 1. The van der Waals surface area contributed by atoms with Crippen molar-refractivity contribution in [2.75, 3.05) is 0 Å². The third-order valence-electron chi connectivity index (χ3n) is 4.14. The molecule has 0 atom stereocenters. The van der Waals surface area contributed by atoms with E-state index >= 15 is 0 Å². The molecule has 0 aliphatic carbocycles. The minimum absolute atomic E-state index is 0.153. The van der Waals surface area contributed by atoms with Crippen LogP contribution >= 0.6 is 34.3 Å². The van der Waals surface area contributed by atoms with Crippen molar-refractivity contribution in [1.82, 2.24) is 10.3 Å². The van der Waals surface area contributed by atoms with E-state index in [1.807, 2.05) is 30.3 Å². The zero-order valence-electron chi connectivity index (χ0n) is 14.4. The number of primary amides is 1. The van der Waals surface area contributed by atoms with Crippen LogP contribution in [0.3, 0.4) is 0 Å². The number of amides is 2. The molecule has 0 spiro atoms. The zero-order chi connectivity index (χ0) is 19.7. The maximum atomic E-state index is 12.5. The number of hydrogen-bond acceptors (Lipinski definition) is 5. The fraction of sp³-hybridized carbons (Fsp3) is 0.0500. The molecule has 3 heterocycles. The normalized spacial score (nSPS) is 10.9. The van der Waals surface area contributed by atoms with Gasteiger partial charge >= 0.3 is 0 Å².